The first-order valence-corrected chi connectivity index (χ1v) is 4.08. The van der Waals surface area contributed by atoms with Crippen molar-refractivity contribution in [2.24, 2.45) is 0 Å². The fraction of sp³-hybridized carbons (Fsp3) is 0.125. The maximum atomic E-state index is 13.0. The van der Waals surface area contributed by atoms with Gasteiger partial charge < -0.3 is 10.6 Å². The Morgan fingerprint density at radius 2 is 1.71 bits per heavy atom. The van der Waals surface area contributed by atoms with Crippen molar-refractivity contribution < 1.29 is 13.2 Å². The van der Waals surface area contributed by atoms with Crippen LogP contribution in [-0.2, 0) is 0 Å². The monoisotopic (exact) mass is 220 g/mol. The van der Waals surface area contributed by atoms with Crippen LogP contribution in [0.1, 0.15) is 0 Å². The molecule has 0 saturated heterocycles. The minimum atomic E-state index is -1.23. The number of thiocarbonyl (C=S) groups is 1. The van der Waals surface area contributed by atoms with Crippen LogP contribution in [-0.4, -0.2) is 12.2 Å². The van der Waals surface area contributed by atoms with Gasteiger partial charge in [-0.05, 0) is 12.2 Å². The molecule has 0 saturated carbocycles. The van der Waals surface area contributed by atoms with E-state index in [1.807, 2.05) is 0 Å². The molecule has 14 heavy (non-hydrogen) atoms. The standard InChI is InChI=1S/C8H7F3N2S/c1-12-8(14)13-7-3-5(10)4(9)2-6(7)11/h2-3H,1H3,(H2,12,13,14). The second-order valence-corrected chi connectivity index (χ2v) is 2.86. The van der Waals surface area contributed by atoms with E-state index in [0.717, 1.165) is 0 Å². The van der Waals surface area contributed by atoms with Crippen LogP contribution in [0.4, 0.5) is 18.9 Å². The summed E-state index contributed by atoms with van der Waals surface area (Å²) in [6.07, 6.45) is 0. The van der Waals surface area contributed by atoms with E-state index >= 15 is 0 Å². The normalized spacial score (nSPS) is 9.71. The number of rotatable bonds is 1. The highest BCUT2D eigenvalue weighted by Crippen LogP contribution is 2.17. The van der Waals surface area contributed by atoms with Crippen LogP contribution in [0.5, 0.6) is 0 Å². The highest BCUT2D eigenvalue weighted by Gasteiger charge is 2.09. The van der Waals surface area contributed by atoms with E-state index in [0.29, 0.717) is 12.1 Å². The van der Waals surface area contributed by atoms with E-state index < -0.39 is 17.5 Å². The van der Waals surface area contributed by atoms with Gasteiger partial charge in [0.2, 0.25) is 0 Å². The summed E-state index contributed by atoms with van der Waals surface area (Å²) in [5.74, 6) is -3.27. The molecule has 0 aliphatic carbocycles. The van der Waals surface area contributed by atoms with Crippen molar-refractivity contribution in [3.8, 4) is 0 Å². The number of nitrogens with one attached hydrogen (secondary N) is 2. The predicted octanol–water partition coefficient (Wildman–Crippen LogP) is 2.02. The minimum Gasteiger partial charge on any atom is -0.366 e. The Morgan fingerprint density at radius 1 is 1.14 bits per heavy atom. The van der Waals surface area contributed by atoms with E-state index in [2.05, 4.69) is 22.9 Å². The number of hydrogen-bond donors (Lipinski definition) is 2. The molecule has 1 aromatic carbocycles. The Balaban J connectivity index is 2.98. The predicted molar refractivity (Wildman–Crippen MR) is 51.6 cm³/mol. The number of anilines is 1. The number of benzene rings is 1. The van der Waals surface area contributed by atoms with Gasteiger partial charge in [0.15, 0.2) is 16.7 Å². The van der Waals surface area contributed by atoms with Crippen molar-refractivity contribution in [1.82, 2.24) is 5.32 Å². The molecule has 0 bridgehead atoms. The number of hydrogen-bond acceptors (Lipinski definition) is 1. The molecule has 0 aromatic heterocycles. The van der Waals surface area contributed by atoms with Crippen molar-refractivity contribution in [1.29, 1.82) is 0 Å². The van der Waals surface area contributed by atoms with E-state index in [1.165, 1.54) is 7.05 Å². The average molecular weight is 220 g/mol. The van der Waals surface area contributed by atoms with Gasteiger partial charge in [0.1, 0.15) is 5.82 Å². The Kier molecular flexibility index (Phi) is 3.29. The molecule has 0 unspecified atom stereocenters. The summed E-state index contributed by atoms with van der Waals surface area (Å²) in [5, 5.41) is 5.00. The fourth-order valence-corrected chi connectivity index (χ4v) is 0.913. The molecule has 1 rings (SSSR count). The lowest BCUT2D eigenvalue weighted by atomic mass is 10.3. The smallest absolute Gasteiger partial charge is 0.170 e. The molecule has 76 valence electrons. The summed E-state index contributed by atoms with van der Waals surface area (Å²) in [6, 6.07) is 1.16. The summed E-state index contributed by atoms with van der Waals surface area (Å²) in [5.41, 5.74) is -0.205. The average Bonchev–Trinajstić information content (AvgIpc) is 2.14. The van der Waals surface area contributed by atoms with E-state index in [4.69, 9.17) is 0 Å². The molecule has 2 N–H and O–H groups in total. The van der Waals surface area contributed by atoms with E-state index in [9.17, 15) is 13.2 Å². The Bertz CT molecular complexity index is 368. The van der Waals surface area contributed by atoms with E-state index in [-0.39, 0.29) is 10.8 Å². The number of halogens is 3. The van der Waals surface area contributed by atoms with Gasteiger partial charge in [0.05, 0.1) is 5.69 Å². The lowest BCUT2D eigenvalue weighted by molar-refractivity contribution is 0.496. The van der Waals surface area contributed by atoms with Gasteiger partial charge in [-0.25, -0.2) is 13.2 Å². The Morgan fingerprint density at radius 3 is 2.29 bits per heavy atom. The van der Waals surface area contributed by atoms with Gasteiger partial charge in [0, 0.05) is 19.2 Å². The third-order valence-electron chi connectivity index (χ3n) is 1.49. The zero-order chi connectivity index (χ0) is 10.7. The van der Waals surface area contributed by atoms with Crippen LogP contribution >= 0.6 is 12.2 Å². The van der Waals surface area contributed by atoms with Gasteiger partial charge in [-0.15, -0.1) is 0 Å². The maximum absolute atomic E-state index is 13.0. The van der Waals surface area contributed by atoms with Gasteiger partial charge in [0.25, 0.3) is 0 Å². The van der Waals surface area contributed by atoms with Crippen LogP contribution in [0.3, 0.4) is 0 Å². The quantitative estimate of drug-likeness (QED) is 0.559. The van der Waals surface area contributed by atoms with Crippen LogP contribution in [0.15, 0.2) is 12.1 Å². The molecule has 0 aliphatic rings. The van der Waals surface area contributed by atoms with Crippen LogP contribution in [0.25, 0.3) is 0 Å². The van der Waals surface area contributed by atoms with Crippen molar-refractivity contribution in [3.63, 3.8) is 0 Å². The molecule has 0 heterocycles. The summed E-state index contributed by atoms with van der Waals surface area (Å²) in [6.45, 7) is 0. The summed E-state index contributed by atoms with van der Waals surface area (Å²) in [4.78, 5) is 0. The van der Waals surface area contributed by atoms with Crippen molar-refractivity contribution in [2.75, 3.05) is 12.4 Å². The first kappa shape index (κ1) is 10.8. The van der Waals surface area contributed by atoms with Crippen molar-refractivity contribution in [2.45, 2.75) is 0 Å². The van der Waals surface area contributed by atoms with E-state index in [1.54, 1.807) is 0 Å². The summed E-state index contributed by atoms with van der Waals surface area (Å²) < 4.78 is 38.1. The molecule has 0 amide bonds. The lowest BCUT2D eigenvalue weighted by Crippen LogP contribution is -2.24. The van der Waals surface area contributed by atoms with Crippen molar-refractivity contribution >= 4 is 23.0 Å². The second-order valence-electron chi connectivity index (χ2n) is 2.45. The minimum absolute atomic E-state index is 0.120. The van der Waals surface area contributed by atoms with Crippen LogP contribution in [0.2, 0.25) is 0 Å². The molecule has 2 nitrogen and oxygen atoms in total. The molecular formula is C8H7F3N2S. The van der Waals surface area contributed by atoms with Crippen molar-refractivity contribution in [3.05, 3.63) is 29.6 Å². The zero-order valence-corrected chi connectivity index (χ0v) is 8.01. The lowest BCUT2D eigenvalue weighted by Gasteiger charge is -2.08. The van der Waals surface area contributed by atoms with Gasteiger partial charge in [-0.2, -0.15) is 0 Å². The van der Waals surface area contributed by atoms with Gasteiger partial charge in [-0.1, -0.05) is 0 Å². The molecule has 0 spiro atoms. The third kappa shape index (κ3) is 2.35. The first-order chi connectivity index (χ1) is 6.54. The molecule has 0 radical (unpaired) electrons. The highest BCUT2D eigenvalue weighted by atomic mass is 32.1. The summed E-state index contributed by atoms with van der Waals surface area (Å²) in [7, 11) is 1.52. The third-order valence-corrected chi connectivity index (χ3v) is 1.79. The second kappa shape index (κ2) is 4.28. The van der Waals surface area contributed by atoms with Gasteiger partial charge >= 0.3 is 0 Å². The maximum Gasteiger partial charge on any atom is 0.170 e. The zero-order valence-electron chi connectivity index (χ0n) is 7.20. The van der Waals surface area contributed by atoms with Crippen LogP contribution in [0, 0.1) is 17.5 Å². The topological polar surface area (TPSA) is 24.1 Å². The molecule has 0 atom stereocenters. The first-order valence-electron chi connectivity index (χ1n) is 3.68. The molecule has 1 aromatic rings. The largest absolute Gasteiger partial charge is 0.366 e. The SMILES string of the molecule is CNC(=S)Nc1cc(F)c(F)cc1F. The fourth-order valence-electron chi connectivity index (χ4n) is 0.803. The Hall–Kier alpha value is -1.30. The molecule has 0 aliphatic heterocycles. The molecule has 0 fully saturated rings. The highest BCUT2D eigenvalue weighted by molar-refractivity contribution is 7.80. The van der Waals surface area contributed by atoms with Crippen LogP contribution < -0.4 is 10.6 Å². The summed E-state index contributed by atoms with van der Waals surface area (Å²) >= 11 is 4.67. The molecule has 6 heteroatoms. The molecular weight excluding hydrogens is 213 g/mol. The Labute approximate surface area is 84.1 Å². The van der Waals surface area contributed by atoms with Gasteiger partial charge in [-0.3, -0.25) is 0 Å².